The van der Waals surface area contributed by atoms with Gasteiger partial charge in [0.2, 0.25) is 5.91 Å². The smallest absolute Gasteiger partial charge is 0.261 e. The number of nitrogens with one attached hydrogen (secondary N) is 1. The molecule has 2 heterocycles. The van der Waals surface area contributed by atoms with Crippen LogP contribution in [-0.2, 0) is 17.9 Å². The SMILES string of the molecule is O=C(CCCN1C(=O)c2ccc(Br)cc2C1=O)NCc1cccc(Cn2cncn2)c1. The Kier molecular flexibility index (Phi) is 6.22. The maximum absolute atomic E-state index is 12.5. The molecule has 1 N–H and O–H groups in total. The Balaban J connectivity index is 1.24. The Morgan fingerprint density at radius 1 is 1.03 bits per heavy atom. The fourth-order valence-electron chi connectivity index (χ4n) is 3.49. The van der Waals surface area contributed by atoms with Crippen LogP contribution in [0.3, 0.4) is 0 Å². The number of halogens is 1. The first-order valence-corrected chi connectivity index (χ1v) is 10.6. The average molecular weight is 482 g/mol. The number of hydrogen-bond donors (Lipinski definition) is 1. The summed E-state index contributed by atoms with van der Waals surface area (Å²) in [6, 6.07) is 12.9. The van der Waals surface area contributed by atoms with E-state index in [1.165, 1.54) is 11.2 Å². The van der Waals surface area contributed by atoms with E-state index in [1.807, 2.05) is 24.3 Å². The van der Waals surface area contributed by atoms with Gasteiger partial charge in [0.05, 0.1) is 17.7 Å². The summed E-state index contributed by atoms with van der Waals surface area (Å²) >= 11 is 3.32. The third-order valence-electron chi connectivity index (χ3n) is 5.01. The number of hydrogen-bond acceptors (Lipinski definition) is 5. The van der Waals surface area contributed by atoms with Crippen LogP contribution in [0.25, 0.3) is 0 Å². The standard InChI is InChI=1S/C22H20BrN5O3/c23-17-6-7-18-19(10-17)22(31)28(21(18)30)8-2-5-20(29)25-11-15-3-1-4-16(9-15)12-27-14-24-13-26-27/h1,3-4,6-7,9-10,13-14H,2,5,8,11-12H2,(H,25,29). The number of nitrogens with zero attached hydrogens (tertiary/aromatic N) is 4. The van der Waals surface area contributed by atoms with Crippen molar-refractivity contribution in [3.8, 4) is 0 Å². The van der Waals surface area contributed by atoms with Crippen molar-refractivity contribution in [3.63, 3.8) is 0 Å². The highest BCUT2D eigenvalue weighted by Crippen LogP contribution is 2.26. The second kappa shape index (κ2) is 9.22. The molecule has 0 unspecified atom stereocenters. The molecule has 0 radical (unpaired) electrons. The third kappa shape index (κ3) is 4.88. The molecular formula is C22H20BrN5O3. The highest BCUT2D eigenvalue weighted by atomic mass is 79.9. The van der Waals surface area contributed by atoms with Gasteiger partial charge in [-0.1, -0.05) is 40.2 Å². The Hall–Kier alpha value is -3.33. The van der Waals surface area contributed by atoms with E-state index in [0.717, 1.165) is 15.6 Å². The first-order valence-electron chi connectivity index (χ1n) is 9.84. The number of amides is 3. The van der Waals surface area contributed by atoms with Crippen molar-refractivity contribution in [1.82, 2.24) is 25.0 Å². The highest BCUT2D eigenvalue weighted by Gasteiger charge is 2.35. The van der Waals surface area contributed by atoms with Gasteiger partial charge in [0.25, 0.3) is 11.8 Å². The van der Waals surface area contributed by atoms with Crippen LogP contribution in [0.2, 0.25) is 0 Å². The van der Waals surface area contributed by atoms with Crippen molar-refractivity contribution in [2.24, 2.45) is 0 Å². The van der Waals surface area contributed by atoms with E-state index in [9.17, 15) is 14.4 Å². The molecule has 4 rings (SSSR count). The van der Waals surface area contributed by atoms with Gasteiger partial charge in [-0.25, -0.2) is 9.67 Å². The number of imide groups is 1. The molecule has 2 aromatic carbocycles. The highest BCUT2D eigenvalue weighted by molar-refractivity contribution is 9.10. The van der Waals surface area contributed by atoms with E-state index in [-0.39, 0.29) is 30.7 Å². The molecule has 158 valence electrons. The monoisotopic (exact) mass is 481 g/mol. The van der Waals surface area contributed by atoms with E-state index < -0.39 is 0 Å². The minimum atomic E-state index is -0.314. The van der Waals surface area contributed by atoms with Crippen molar-refractivity contribution in [2.45, 2.75) is 25.9 Å². The summed E-state index contributed by atoms with van der Waals surface area (Å²) in [6.07, 6.45) is 3.78. The second-order valence-electron chi connectivity index (χ2n) is 7.25. The van der Waals surface area contributed by atoms with Crippen LogP contribution >= 0.6 is 15.9 Å². The minimum Gasteiger partial charge on any atom is -0.352 e. The zero-order chi connectivity index (χ0) is 21.8. The maximum Gasteiger partial charge on any atom is 0.261 e. The molecule has 0 aliphatic carbocycles. The van der Waals surface area contributed by atoms with Gasteiger partial charge in [-0.15, -0.1) is 0 Å². The van der Waals surface area contributed by atoms with Gasteiger partial charge >= 0.3 is 0 Å². The van der Waals surface area contributed by atoms with Gasteiger partial charge in [-0.3, -0.25) is 19.3 Å². The minimum absolute atomic E-state index is 0.124. The summed E-state index contributed by atoms with van der Waals surface area (Å²) in [7, 11) is 0. The average Bonchev–Trinajstić information content (AvgIpc) is 3.35. The quantitative estimate of drug-likeness (QED) is 0.498. The Labute approximate surface area is 187 Å². The molecule has 3 aromatic rings. The fourth-order valence-corrected chi connectivity index (χ4v) is 3.85. The van der Waals surface area contributed by atoms with Crippen molar-refractivity contribution >= 4 is 33.7 Å². The van der Waals surface area contributed by atoms with Crippen LogP contribution in [-0.4, -0.2) is 43.9 Å². The van der Waals surface area contributed by atoms with Gasteiger partial charge in [-0.2, -0.15) is 5.10 Å². The maximum atomic E-state index is 12.5. The molecule has 0 saturated heterocycles. The molecule has 0 bridgehead atoms. The van der Waals surface area contributed by atoms with E-state index >= 15 is 0 Å². The van der Waals surface area contributed by atoms with E-state index in [4.69, 9.17) is 0 Å². The number of carbonyl (C=O) groups excluding carboxylic acids is 3. The first kappa shape index (κ1) is 20.9. The van der Waals surface area contributed by atoms with Gasteiger partial charge in [-0.05, 0) is 35.7 Å². The number of aromatic nitrogens is 3. The van der Waals surface area contributed by atoms with Gasteiger partial charge in [0.15, 0.2) is 0 Å². The van der Waals surface area contributed by atoms with Gasteiger partial charge < -0.3 is 5.32 Å². The lowest BCUT2D eigenvalue weighted by Crippen LogP contribution is -2.32. The largest absolute Gasteiger partial charge is 0.352 e. The number of rotatable bonds is 8. The molecule has 0 saturated carbocycles. The lowest BCUT2D eigenvalue weighted by atomic mass is 10.1. The van der Waals surface area contributed by atoms with Crippen molar-refractivity contribution in [3.05, 3.63) is 81.8 Å². The molecule has 0 atom stereocenters. The first-order chi connectivity index (χ1) is 15.0. The fraction of sp³-hybridized carbons (Fsp3) is 0.227. The second-order valence-corrected chi connectivity index (χ2v) is 8.16. The van der Waals surface area contributed by atoms with Crippen LogP contribution in [0.1, 0.15) is 44.7 Å². The molecule has 0 spiro atoms. The number of benzene rings is 2. The summed E-state index contributed by atoms with van der Waals surface area (Å²) in [5.41, 5.74) is 2.85. The summed E-state index contributed by atoms with van der Waals surface area (Å²) < 4.78 is 2.48. The summed E-state index contributed by atoms with van der Waals surface area (Å²) in [5.74, 6) is -0.746. The summed E-state index contributed by atoms with van der Waals surface area (Å²) in [5, 5.41) is 6.98. The van der Waals surface area contributed by atoms with Crippen molar-refractivity contribution in [2.75, 3.05) is 6.54 Å². The van der Waals surface area contributed by atoms with E-state index in [0.29, 0.717) is 30.6 Å². The molecule has 1 aliphatic rings. The molecule has 1 aliphatic heterocycles. The molecular weight excluding hydrogens is 462 g/mol. The zero-order valence-corrected chi connectivity index (χ0v) is 18.2. The molecule has 9 heteroatoms. The van der Waals surface area contributed by atoms with Crippen molar-refractivity contribution in [1.29, 1.82) is 0 Å². The van der Waals surface area contributed by atoms with Crippen LogP contribution in [0.4, 0.5) is 0 Å². The van der Waals surface area contributed by atoms with Crippen LogP contribution < -0.4 is 5.32 Å². The van der Waals surface area contributed by atoms with E-state index in [2.05, 4.69) is 31.3 Å². The van der Waals surface area contributed by atoms with Gasteiger partial charge in [0, 0.05) is 24.0 Å². The van der Waals surface area contributed by atoms with Gasteiger partial charge in [0.1, 0.15) is 12.7 Å². The van der Waals surface area contributed by atoms with Crippen molar-refractivity contribution < 1.29 is 14.4 Å². The molecule has 0 fully saturated rings. The van der Waals surface area contributed by atoms with E-state index in [1.54, 1.807) is 29.2 Å². The zero-order valence-electron chi connectivity index (χ0n) is 16.6. The Bertz CT molecular complexity index is 1130. The Morgan fingerprint density at radius 2 is 1.84 bits per heavy atom. The molecule has 31 heavy (non-hydrogen) atoms. The topological polar surface area (TPSA) is 97.2 Å². The number of fused-ring (bicyclic) bond motifs is 1. The summed E-state index contributed by atoms with van der Waals surface area (Å²) in [6.45, 7) is 1.23. The normalized spacial score (nSPS) is 12.9. The number of carbonyl (C=O) groups is 3. The van der Waals surface area contributed by atoms with Crippen LogP contribution in [0.5, 0.6) is 0 Å². The predicted molar refractivity (Wildman–Crippen MR) is 116 cm³/mol. The van der Waals surface area contributed by atoms with Crippen LogP contribution in [0, 0.1) is 0 Å². The molecule has 3 amide bonds. The lowest BCUT2D eigenvalue weighted by molar-refractivity contribution is -0.121. The molecule has 8 nitrogen and oxygen atoms in total. The van der Waals surface area contributed by atoms with Crippen LogP contribution in [0.15, 0.2) is 59.6 Å². The summed E-state index contributed by atoms with van der Waals surface area (Å²) in [4.78, 5) is 42.3. The lowest BCUT2D eigenvalue weighted by Gasteiger charge is -2.13. The molecule has 1 aromatic heterocycles. The predicted octanol–water partition coefficient (Wildman–Crippen LogP) is 2.78. The third-order valence-corrected chi connectivity index (χ3v) is 5.50. The Morgan fingerprint density at radius 3 is 2.65 bits per heavy atom.